The fraction of sp³-hybridized carbons (Fsp3) is 0.350. The van der Waals surface area contributed by atoms with Crippen LogP contribution >= 0.6 is 0 Å². The van der Waals surface area contributed by atoms with Crippen molar-refractivity contribution in [2.75, 3.05) is 26.2 Å². The van der Waals surface area contributed by atoms with E-state index in [9.17, 15) is 13.2 Å². The molecule has 1 heterocycles. The monoisotopic (exact) mass is 419 g/mol. The predicted molar refractivity (Wildman–Crippen MR) is 109 cm³/mol. The molecule has 0 aliphatic carbocycles. The summed E-state index contributed by atoms with van der Waals surface area (Å²) in [6.07, 6.45) is -0.293. The Morgan fingerprint density at radius 1 is 1.07 bits per heavy atom. The molecular formula is C20H25N3O5S. The number of benzene rings is 2. The Balaban J connectivity index is 1.39. The van der Waals surface area contributed by atoms with Gasteiger partial charge in [-0.25, -0.2) is 17.9 Å². The molecular weight excluding hydrogens is 394 g/mol. The van der Waals surface area contributed by atoms with Crippen molar-refractivity contribution < 1.29 is 22.7 Å². The summed E-state index contributed by atoms with van der Waals surface area (Å²) >= 11 is 0. The van der Waals surface area contributed by atoms with Crippen LogP contribution in [0.25, 0.3) is 0 Å². The van der Waals surface area contributed by atoms with Crippen LogP contribution < -0.4 is 24.8 Å². The van der Waals surface area contributed by atoms with E-state index in [1.807, 2.05) is 37.3 Å². The first-order valence-electron chi connectivity index (χ1n) is 9.32. The molecule has 0 fully saturated rings. The number of aryl methyl sites for hydroxylation is 2. The molecule has 9 heteroatoms. The van der Waals surface area contributed by atoms with Gasteiger partial charge in [0.15, 0.2) is 17.6 Å². The van der Waals surface area contributed by atoms with Crippen molar-refractivity contribution >= 4 is 16.1 Å². The summed E-state index contributed by atoms with van der Waals surface area (Å²) in [6.45, 7) is 4.43. The Labute approximate surface area is 170 Å². The Hall–Kier alpha value is -2.78. The van der Waals surface area contributed by atoms with Gasteiger partial charge in [-0.3, -0.25) is 0 Å². The fourth-order valence-corrected chi connectivity index (χ4v) is 4.23. The highest BCUT2D eigenvalue weighted by molar-refractivity contribution is 7.89. The Morgan fingerprint density at radius 3 is 2.62 bits per heavy atom. The van der Waals surface area contributed by atoms with Crippen LogP contribution in [-0.2, 0) is 10.0 Å². The molecule has 0 bridgehead atoms. The summed E-state index contributed by atoms with van der Waals surface area (Å²) in [5, 5.41) is 5.31. The quantitative estimate of drug-likeness (QED) is 0.593. The van der Waals surface area contributed by atoms with Crippen molar-refractivity contribution in [3.8, 4) is 11.5 Å². The maximum atomic E-state index is 12.4. The third-order valence-electron chi connectivity index (χ3n) is 4.39. The van der Waals surface area contributed by atoms with Crippen molar-refractivity contribution in [1.29, 1.82) is 0 Å². The van der Waals surface area contributed by atoms with Gasteiger partial charge in [0.2, 0.25) is 10.0 Å². The Bertz CT molecular complexity index is 978. The largest absolute Gasteiger partial charge is 0.486 e. The van der Waals surface area contributed by atoms with Gasteiger partial charge in [-0.15, -0.1) is 0 Å². The lowest BCUT2D eigenvalue weighted by Crippen LogP contribution is -2.46. The zero-order chi connectivity index (χ0) is 20.9. The Kier molecular flexibility index (Phi) is 6.60. The zero-order valence-electron chi connectivity index (χ0n) is 16.4. The Morgan fingerprint density at radius 2 is 1.83 bits per heavy atom. The number of ether oxygens (including phenoxy) is 2. The summed E-state index contributed by atoms with van der Waals surface area (Å²) in [4.78, 5) is 12.2. The molecule has 2 amide bonds. The number of hydrogen-bond donors (Lipinski definition) is 3. The standard InChI is InChI=1S/C20H25N3O5S/c1-14-7-8-15(2)19(11-14)29(25,26)23-10-9-21-20(24)22-12-16-13-27-17-5-3-4-6-18(17)28-16/h3-8,11,16,23H,9-10,12-13H2,1-2H3,(H2,21,22,24). The molecule has 0 aromatic heterocycles. The molecule has 1 unspecified atom stereocenters. The van der Waals surface area contributed by atoms with Gasteiger partial charge in [0.25, 0.3) is 0 Å². The molecule has 1 atom stereocenters. The number of carbonyl (C=O) groups excluding carboxylic acids is 1. The molecule has 2 aromatic rings. The molecule has 8 nitrogen and oxygen atoms in total. The molecule has 1 aliphatic heterocycles. The minimum Gasteiger partial charge on any atom is -0.486 e. The fourth-order valence-electron chi connectivity index (χ4n) is 2.87. The van der Waals surface area contributed by atoms with E-state index in [1.165, 1.54) is 0 Å². The van der Waals surface area contributed by atoms with Crippen LogP contribution in [0.1, 0.15) is 11.1 Å². The van der Waals surface area contributed by atoms with E-state index >= 15 is 0 Å². The smallest absolute Gasteiger partial charge is 0.314 e. The van der Waals surface area contributed by atoms with Crippen molar-refractivity contribution in [1.82, 2.24) is 15.4 Å². The molecule has 0 radical (unpaired) electrons. The van der Waals surface area contributed by atoms with E-state index in [4.69, 9.17) is 9.47 Å². The second-order valence-corrected chi connectivity index (χ2v) is 8.54. The summed E-state index contributed by atoms with van der Waals surface area (Å²) < 4.78 is 38.7. The number of amides is 2. The first-order valence-corrected chi connectivity index (χ1v) is 10.8. The molecule has 0 saturated heterocycles. The van der Waals surface area contributed by atoms with Gasteiger partial charge in [-0.2, -0.15) is 0 Å². The van der Waals surface area contributed by atoms with E-state index in [2.05, 4.69) is 15.4 Å². The summed E-state index contributed by atoms with van der Waals surface area (Å²) in [7, 11) is -3.63. The number of urea groups is 1. The SMILES string of the molecule is Cc1ccc(C)c(S(=O)(=O)NCCNC(=O)NCC2COc3ccccc3O2)c1. The van der Waals surface area contributed by atoms with Gasteiger partial charge < -0.3 is 20.1 Å². The van der Waals surface area contributed by atoms with Gasteiger partial charge >= 0.3 is 6.03 Å². The van der Waals surface area contributed by atoms with E-state index < -0.39 is 16.1 Å². The molecule has 3 rings (SSSR count). The number of rotatable bonds is 7. The molecule has 3 N–H and O–H groups in total. The molecule has 29 heavy (non-hydrogen) atoms. The van der Waals surface area contributed by atoms with Crippen LogP contribution in [0.2, 0.25) is 0 Å². The van der Waals surface area contributed by atoms with Gasteiger partial charge in [-0.05, 0) is 43.2 Å². The van der Waals surface area contributed by atoms with Crippen LogP contribution in [-0.4, -0.2) is 46.8 Å². The average Bonchev–Trinajstić information content (AvgIpc) is 2.71. The topological polar surface area (TPSA) is 106 Å². The molecule has 2 aromatic carbocycles. The van der Waals surface area contributed by atoms with Crippen LogP contribution in [0.3, 0.4) is 0 Å². The van der Waals surface area contributed by atoms with E-state index in [1.54, 1.807) is 19.1 Å². The van der Waals surface area contributed by atoms with Crippen molar-refractivity contribution in [3.63, 3.8) is 0 Å². The zero-order valence-corrected chi connectivity index (χ0v) is 17.2. The van der Waals surface area contributed by atoms with Gasteiger partial charge in [0.05, 0.1) is 11.4 Å². The predicted octanol–water partition coefficient (Wildman–Crippen LogP) is 1.72. The summed E-state index contributed by atoms with van der Waals surface area (Å²) in [5.41, 5.74) is 1.54. The van der Waals surface area contributed by atoms with Crippen molar-refractivity contribution in [2.24, 2.45) is 0 Å². The minimum absolute atomic E-state index is 0.0829. The average molecular weight is 420 g/mol. The van der Waals surface area contributed by atoms with Crippen LogP contribution in [0.5, 0.6) is 11.5 Å². The van der Waals surface area contributed by atoms with E-state index in [-0.39, 0.29) is 30.6 Å². The van der Waals surface area contributed by atoms with Crippen LogP contribution in [0, 0.1) is 13.8 Å². The first kappa shape index (κ1) is 20.9. The summed E-state index contributed by atoms with van der Waals surface area (Å²) in [5.74, 6) is 1.33. The second kappa shape index (κ2) is 9.15. The maximum Gasteiger partial charge on any atom is 0.314 e. The number of hydrogen-bond acceptors (Lipinski definition) is 5. The number of nitrogens with one attached hydrogen (secondary N) is 3. The number of para-hydroxylation sites is 2. The lowest BCUT2D eigenvalue weighted by atomic mass is 10.2. The molecule has 0 spiro atoms. The number of carbonyl (C=O) groups is 1. The lowest BCUT2D eigenvalue weighted by Gasteiger charge is -2.26. The molecule has 156 valence electrons. The highest BCUT2D eigenvalue weighted by atomic mass is 32.2. The second-order valence-electron chi connectivity index (χ2n) is 6.80. The van der Waals surface area contributed by atoms with Crippen molar-refractivity contribution in [2.45, 2.75) is 24.8 Å². The number of sulfonamides is 1. The molecule has 0 saturated carbocycles. The molecule has 1 aliphatic rings. The lowest BCUT2D eigenvalue weighted by molar-refractivity contribution is 0.0918. The number of fused-ring (bicyclic) bond motifs is 1. The highest BCUT2D eigenvalue weighted by Gasteiger charge is 2.21. The third-order valence-corrected chi connectivity index (χ3v) is 6.00. The van der Waals surface area contributed by atoms with Gasteiger partial charge in [0.1, 0.15) is 6.61 Å². The minimum atomic E-state index is -3.63. The normalized spacial score (nSPS) is 15.6. The van der Waals surface area contributed by atoms with E-state index in [0.29, 0.717) is 23.7 Å². The third kappa shape index (κ3) is 5.61. The van der Waals surface area contributed by atoms with Gasteiger partial charge in [0, 0.05) is 13.1 Å². The van der Waals surface area contributed by atoms with Crippen LogP contribution in [0.4, 0.5) is 4.79 Å². The summed E-state index contributed by atoms with van der Waals surface area (Å²) in [6, 6.07) is 12.2. The first-order chi connectivity index (χ1) is 13.8. The van der Waals surface area contributed by atoms with Crippen molar-refractivity contribution in [3.05, 3.63) is 53.6 Å². The van der Waals surface area contributed by atoms with Gasteiger partial charge in [-0.1, -0.05) is 24.3 Å². The maximum absolute atomic E-state index is 12.4. The van der Waals surface area contributed by atoms with E-state index in [0.717, 1.165) is 5.56 Å². The highest BCUT2D eigenvalue weighted by Crippen LogP contribution is 2.30. The van der Waals surface area contributed by atoms with Crippen LogP contribution in [0.15, 0.2) is 47.4 Å².